The molecule has 0 amide bonds. The zero-order chi connectivity index (χ0) is 14.4. The van der Waals surface area contributed by atoms with E-state index in [9.17, 15) is 8.42 Å². The molecule has 9 heteroatoms. The molecular formula is C10H13ClN4O2S2. The lowest BCUT2D eigenvalue weighted by atomic mass is 10.3. The van der Waals surface area contributed by atoms with Gasteiger partial charge in [0.2, 0.25) is 0 Å². The molecule has 2 rings (SSSR count). The lowest BCUT2D eigenvalue weighted by Gasteiger charge is -2.11. The highest BCUT2D eigenvalue weighted by Crippen LogP contribution is 2.32. The van der Waals surface area contributed by atoms with Crippen molar-refractivity contribution in [2.45, 2.75) is 38.9 Å². The second-order valence-corrected chi connectivity index (χ2v) is 8.02. The van der Waals surface area contributed by atoms with Crippen LogP contribution < -0.4 is 0 Å². The monoisotopic (exact) mass is 320 g/mol. The van der Waals surface area contributed by atoms with E-state index in [1.54, 1.807) is 0 Å². The maximum absolute atomic E-state index is 11.5. The molecule has 2 heterocycles. The molecule has 0 radical (unpaired) electrons. The van der Waals surface area contributed by atoms with Crippen molar-refractivity contribution in [2.24, 2.45) is 0 Å². The predicted octanol–water partition coefficient (Wildman–Crippen LogP) is 2.53. The van der Waals surface area contributed by atoms with Crippen LogP contribution in [0.25, 0.3) is 10.7 Å². The topological polar surface area (TPSA) is 77.7 Å². The summed E-state index contributed by atoms with van der Waals surface area (Å²) < 4.78 is 24.6. The van der Waals surface area contributed by atoms with E-state index in [0.29, 0.717) is 5.82 Å². The van der Waals surface area contributed by atoms with E-state index < -0.39 is 9.05 Å². The van der Waals surface area contributed by atoms with Crippen LogP contribution in [-0.4, -0.2) is 28.2 Å². The first-order valence-electron chi connectivity index (χ1n) is 5.55. The Morgan fingerprint density at radius 2 is 1.89 bits per heavy atom. The molecule has 0 saturated heterocycles. The van der Waals surface area contributed by atoms with E-state index in [4.69, 9.17) is 10.7 Å². The Morgan fingerprint density at radius 3 is 2.32 bits per heavy atom. The summed E-state index contributed by atoms with van der Waals surface area (Å²) in [5, 5.41) is 8.33. The molecule has 0 atom stereocenters. The first kappa shape index (κ1) is 14.4. The summed E-state index contributed by atoms with van der Waals surface area (Å²) >= 11 is 1.45. The molecule has 19 heavy (non-hydrogen) atoms. The average Bonchev–Trinajstić information content (AvgIpc) is 2.80. The van der Waals surface area contributed by atoms with Crippen molar-refractivity contribution < 1.29 is 8.42 Å². The van der Waals surface area contributed by atoms with Crippen LogP contribution in [0.3, 0.4) is 0 Å². The highest BCUT2D eigenvalue weighted by molar-refractivity contribution is 8.13. The number of aryl methyl sites for hydroxylation is 2. The first-order valence-corrected chi connectivity index (χ1v) is 8.68. The second kappa shape index (κ2) is 4.84. The number of hydrogen-bond acceptors (Lipinski definition) is 6. The summed E-state index contributed by atoms with van der Waals surface area (Å²) in [5.41, 5.74) is 0.801. The third kappa shape index (κ3) is 2.65. The Labute approximate surface area is 119 Å². The molecule has 0 aliphatic heterocycles. The molecule has 0 unspecified atom stereocenters. The van der Waals surface area contributed by atoms with Crippen molar-refractivity contribution in [1.29, 1.82) is 0 Å². The minimum atomic E-state index is -3.93. The summed E-state index contributed by atoms with van der Waals surface area (Å²) in [4.78, 5) is 5.12. The third-order valence-corrected chi connectivity index (χ3v) is 4.70. The van der Waals surface area contributed by atoms with Crippen molar-refractivity contribution in [3.63, 3.8) is 0 Å². The first-order chi connectivity index (χ1) is 8.71. The maximum atomic E-state index is 11.5. The molecule has 0 fully saturated rings. The van der Waals surface area contributed by atoms with E-state index in [1.165, 1.54) is 15.9 Å². The second-order valence-electron chi connectivity index (χ2n) is 4.36. The highest BCUT2D eigenvalue weighted by atomic mass is 35.7. The van der Waals surface area contributed by atoms with Gasteiger partial charge in [-0.15, -0.1) is 21.5 Å². The fraction of sp³-hybridized carbons (Fsp3) is 0.500. The van der Waals surface area contributed by atoms with Gasteiger partial charge in [-0.25, -0.2) is 13.4 Å². The summed E-state index contributed by atoms with van der Waals surface area (Å²) in [5.74, 6) is 0.484. The van der Waals surface area contributed by atoms with Crippen LogP contribution in [0, 0.1) is 13.8 Å². The van der Waals surface area contributed by atoms with Gasteiger partial charge in [0.25, 0.3) is 14.2 Å². The quantitative estimate of drug-likeness (QED) is 0.812. The van der Waals surface area contributed by atoms with Gasteiger partial charge in [-0.2, -0.15) is 0 Å². The number of rotatable bonds is 3. The number of nitrogens with zero attached hydrogens (tertiary/aromatic N) is 4. The van der Waals surface area contributed by atoms with E-state index >= 15 is 0 Å². The van der Waals surface area contributed by atoms with Crippen LogP contribution in [0.1, 0.15) is 30.6 Å². The van der Waals surface area contributed by atoms with E-state index in [0.717, 1.165) is 15.6 Å². The van der Waals surface area contributed by atoms with Gasteiger partial charge in [-0.1, -0.05) is 0 Å². The minimum Gasteiger partial charge on any atom is -0.294 e. The molecule has 0 aromatic carbocycles. The molecule has 0 aliphatic rings. The summed E-state index contributed by atoms with van der Waals surface area (Å²) in [6.07, 6.45) is 0. The van der Waals surface area contributed by atoms with Crippen molar-refractivity contribution in [2.75, 3.05) is 0 Å². The van der Waals surface area contributed by atoms with Gasteiger partial charge >= 0.3 is 0 Å². The van der Waals surface area contributed by atoms with Crippen LogP contribution >= 0.6 is 22.0 Å². The number of hydrogen-bond donors (Lipinski definition) is 0. The fourth-order valence-electron chi connectivity index (χ4n) is 1.80. The number of halogens is 1. The van der Waals surface area contributed by atoms with Crippen LogP contribution in [0.4, 0.5) is 0 Å². The molecule has 2 aromatic rings. The van der Waals surface area contributed by atoms with E-state index in [2.05, 4.69) is 15.2 Å². The smallest absolute Gasteiger partial charge is 0.294 e. The zero-order valence-electron chi connectivity index (χ0n) is 10.9. The molecular weight excluding hydrogens is 308 g/mol. The molecule has 0 aliphatic carbocycles. The van der Waals surface area contributed by atoms with E-state index in [1.807, 2.05) is 27.7 Å². The van der Waals surface area contributed by atoms with Gasteiger partial charge in [0.05, 0.1) is 15.6 Å². The van der Waals surface area contributed by atoms with Crippen molar-refractivity contribution in [1.82, 2.24) is 19.7 Å². The van der Waals surface area contributed by atoms with Gasteiger partial charge in [-0.3, -0.25) is 4.57 Å². The average molecular weight is 321 g/mol. The van der Waals surface area contributed by atoms with Crippen molar-refractivity contribution >= 4 is 31.1 Å². The minimum absolute atomic E-state index is 0.129. The molecule has 6 nitrogen and oxygen atoms in total. The zero-order valence-corrected chi connectivity index (χ0v) is 13.3. The normalized spacial score (nSPS) is 12.3. The Morgan fingerprint density at radius 1 is 1.26 bits per heavy atom. The summed E-state index contributed by atoms with van der Waals surface area (Å²) in [6.45, 7) is 7.44. The van der Waals surface area contributed by atoms with Crippen LogP contribution in [-0.2, 0) is 9.05 Å². The molecule has 104 valence electrons. The van der Waals surface area contributed by atoms with Gasteiger partial charge < -0.3 is 0 Å². The third-order valence-electron chi connectivity index (χ3n) is 2.51. The lowest BCUT2D eigenvalue weighted by Crippen LogP contribution is -2.10. The molecule has 0 spiro atoms. The number of aromatic nitrogens is 4. The van der Waals surface area contributed by atoms with Gasteiger partial charge in [0, 0.05) is 16.7 Å². The molecule has 2 aromatic heterocycles. The SMILES string of the molecule is Cc1nc(C)c(-c2nnc(S(=O)(=O)Cl)n2C(C)C)s1. The van der Waals surface area contributed by atoms with Crippen molar-refractivity contribution in [3.8, 4) is 10.7 Å². The maximum Gasteiger partial charge on any atom is 0.296 e. The Balaban J connectivity index is 2.73. The van der Waals surface area contributed by atoms with Gasteiger partial charge in [0.1, 0.15) is 0 Å². The van der Waals surface area contributed by atoms with Gasteiger partial charge in [-0.05, 0) is 27.7 Å². The van der Waals surface area contributed by atoms with Crippen molar-refractivity contribution in [3.05, 3.63) is 10.7 Å². The lowest BCUT2D eigenvalue weighted by molar-refractivity contribution is 0.531. The number of thiazole rings is 1. The fourth-order valence-corrected chi connectivity index (χ4v) is 3.69. The summed E-state index contributed by atoms with van der Waals surface area (Å²) in [7, 11) is 1.46. The van der Waals surface area contributed by atoms with E-state index in [-0.39, 0.29) is 11.2 Å². The van der Waals surface area contributed by atoms with Crippen LogP contribution in [0.15, 0.2) is 5.16 Å². The Bertz CT molecular complexity index is 718. The standard InChI is InChI=1S/C10H13ClN4O2S2/c1-5(2)15-9(8-6(3)12-7(4)18-8)13-14-10(15)19(11,16)17/h5H,1-4H3. The Kier molecular flexibility index (Phi) is 3.67. The highest BCUT2D eigenvalue weighted by Gasteiger charge is 2.26. The largest absolute Gasteiger partial charge is 0.296 e. The Hall–Kier alpha value is -0.990. The van der Waals surface area contributed by atoms with Gasteiger partial charge in [0.15, 0.2) is 5.82 Å². The summed E-state index contributed by atoms with van der Waals surface area (Å²) in [6, 6.07) is -0.129. The predicted molar refractivity (Wildman–Crippen MR) is 74.0 cm³/mol. The molecule has 0 saturated carbocycles. The molecule has 0 N–H and O–H groups in total. The van der Waals surface area contributed by atoms with Crippen LogP contribution in [0.2, 0.25) is 0 Å². The van der Waals surface area contributed by atoms with Crippen LogP contribution in [0.5, 0.6) is 0 Å². The molecule has 0 bridgehead atoms.